The summed E-state index contributed by atoms with van der Waals surface area (Å²) in [5, 5.41) is 0. The van der Waals surface area contributed by atoms with Crippen molar-refractivity contribution in [3.05, 3.63) is 0 Å². The van der Waals surface area contributed by atoms with Crippen LogP contribution in [0.15, 0.2) is 0 Å². The highest BCUT2D eigenvalue weighted by Crippen LogP contribution is 2.32. The molecule has 0 aromatic heterocycles. The summed E-state index contributed by atoms with van der Waals surface area (Å²) in [6, 6.07) is 0. The van der Waals surface area contributed by atoms with Gasteiger partial charge in [0, 0.05) is 26.4 Å². The minimum atomic E-state index is -4.00. The lowest BCUT2D eigenvalue weighted by Crippen LogP contribution is -2.24. The van der Waals surface area contributed by atoms with Crippen molar-refractivity contribution >= 4 is 20.2 Å². The van der Waals surface area contributed by atoms with E-state index in [9.17, 15) is 25.9 Å². The molecular weight excluding hydrogens is 560 g/mol. The molecule has 40 heavy (non-hydrogen) atoms. The highest BCUT2D eigenvalue weighted by molar-refractivity contribution is 7.86. The molecule has 0 aromatic rings. The van der Waals surface area contributed by atoms with Gasteiger partial charge in [-0.1, -0.05) is 27.7 Å². The average molecular weight is 617 g/mol. The van der Waals surface area contributed by atoms with E-state index < -0.39 is 20.2 Å². The Labute approximate surface area is 243 Å². The number of ether oxygens (including phenoxy) is 4. The molecule has 1 fully saturated rings. The highest BCUT2D eigenvalue weighted by Gasteiger charge is 2.26. The van der Waals surface area contributed by atoms with E-state index >= 15 is 0 Å². The number of rotatable bonds is 6. The molecule has 1 rings (SSSR count). The van der Waals surface area contributed by atoms with Crippen molar-refractivity contribution in [2.75, 3.05) is 51.5 Å². The topological polar surface area (TPSA) is 146 Å². The zero-order valence-electron chi connectivity index (χ0n) is 25.2. The van der Waals surface area contributed by atoms with Crippen LogP contribution in [-0.4, -0.2) is 77.5 Å². The van der Waals surface area contributed by atoms with Gasteiger partial charge in [0.15, 0.2) is 0 Å². The summed E-state index contributed by atoms with van der Waals surface area (Å²) in [6.07, 6.45) is 7.79. The molecule has 10 nitrogen and oxygen atoms in total. The first-order valence-corrected chi connectivity index (χ1v) is 18.2. The molecule has 1 aliphatic rings. The smallest absolute Gasteiger partial charge is 0.264 e. The van der Waals surface area contributed by atoms with Gasteiger partial charge in [0.05, 0.1) is 11.5 Å². The van der Waals surface area contributed by atoms with Gasteiger partial charge in [-0.25, -0.2) is 0 Å². The van der Waals surface area contributed by atoms with Crippen LogP contribution in [0, 0.1) is 35.5 Å². The quantitative estimate of drug-likeness (QED) is 0.370. The van der Waals surface area contributed by atoms with Crippen molar-refractivity contribution in [2.24, 2.45) is 35.5 Å². The van der Waals surface area contributed by atoms with E-state index in [-0.39, 0.29) is 60.6 Å². The van der Waals surface area contributed by atoms with Gasteiger partial charge in [0.25, 0.3) is 20.2 Å². The molecule has 0 aliphatic carbocycles. The predicted octanol–water partition coefficient (Wildman–Crippen LogP) is 5.43. The molecule has 12 heteroatoms. The maximum atomic E-state index is 11.4. The zero-order chi connectivity index (χ0) is 30.0. The molecule has 0 radical (unpaired) electrons. The predicted molar refractivity (Wildman–Crippen MR) is 156 cm³/mol. The molecule has 1 aliphatic heterocycles. The van der Waals surface area contributed by atoms with Crippen LogP contribution < -0.4 is 0 Å². The molecule has 4 atom stereocenters. The Balaban J connectivity index is 2.69. The van der Waals surface area contributed by atoms with E-state index in [1.54, 1.807) is 0 Å². The Morgan fingerprint density at radius 2 is 0.775 bits per heavy atom. The molecule has 0 amide bonds. The van der Waals surface area contributed by atoms with Gasteiger partial charge in [0.2, 0.25) is 0 Å². The van der Waals surface area contributed by atoms with Gasteiger partial charge >= 0.3 is 0 Å². The van der Waals surface area contributed by atoms with Crippen LogP contribution in [0.3, 0.4) is 0 Å². The fraction of sp³-hybridized carbons (Fsp3) is 1.00. The SMILES string of the molecule is CC1CCCOCOCCCC(C)C(CCS(=O)(=O)O)C(C)CCCOCOCCCC(C)C1CCS(=O)(=O)O. The van der Waals surface area contributed by atoms with Crippen LogP contribution in [0.2, 0.25) is 0 Å². The Morgan fingerprint density at radius 3 is 1.00 bits per heavy atom. The Bertz CT molecular complexity index is 747. The molecule has 0 spiro atoms. The number of hydrogen-bond acceptors (Lipinski definition) is 8. The molecule has 1 saturated heterocycles. The van der Waals surface area contributed by atoms with Crippen molar-refractivity contribution in [1.82, 2.24) is 0 Å². The third-order valence-electron chi connectivity index (χ3n) is 8.47. The van der Waals surface area contributed by atoms with E-state index in [0.717, 1.165) is 51.4 Å². The molecule has 1 heterocycles. The van der Waals surface area contributed by atoms with E-state index in [1.165, 1.54) is 0 Å². The lowest BCUT2D eigenvalue weighted by molar-refractivity contribution is -0.0590. The van der Waals surface area contributed by atoms with E-state index in [4.69, 9.17) is 18.9 Å². The first-order chi connectivity index (χ1) is 18.8. The van der Waals surface area contributed by atoms with Gasteiger partial charge in [0.1, 0.15) is 13.6 Å². The molecule has 0 bridgehead atoms. The van der Waals surface area contributed by atoms with E-state index in [0.29, 0.717) is 39.3 Å². The molecular formula is C28H56O10S2. The normalized spacial score (nSPS) is 31.2. The van der Waals surface area contributed by atoms with Crippen LogP contribution in [0.25, 0.3) is 0 Å². The first kappa shape index (κ1) is 37.7. The van der Waals surface area contributed by atoms with Gasteiger partial charge in [-0.15, -0.1) is 0 Å². The van der Waals surface area contributed by atoms with Gasteiger partial charge in [-0.3, -0.25) is 9.11 Å². The standard InChI is InChI=1S/C28H56O10S2/c1-23-9-5-15-35-21-37-17-7-11-25(3)28(14-20-40(32,33)34)26(4)12-8-18-38-22-36-16-6-10-24(2)27(23)13-19-39(29,30)31/h23-28H,5-22H2,1-4H3,(H,29,30,31)(H,32,33,34). The third kappa shape index (κ3) is 19.0. The van der Waals surface area contributed by atoms with Gasteiger partial charge < -0.3 is 18.9 Å². The summed E-state index contributed by atoms with van der Waals surface area (Å²) < 4.78 is 86.8. The van der Waals surface area contributed by atoms with Gasteiger partial charge in [-0.2, -0.15) is 16.8 Å². The Morgan fingerprint density at radius 1 is 0.525 bits per heavy atom. The minimum absolute atomic E-state index is 0.172. The van der Waals surface area contributed by atoms with Crippen LogP contribution in [0.5, 0.6) is 0 Å². The molecule has 4 unspecified atom stereocenters. The second-order valence-electron chi connectivity index (χ2n) is 11.8. The maximum absolute atomic E-state index is 11.4. The summed E-state index contributed by atoms with van der Waals surface area (Å²) >= 11 is 0. The minimum Gasteiger partial charge on any atom is -0.355 e. The third-order valence-corrected chi connectivity index (χ3v) is 9.97. The summed E-state index contributed by atoms with van der Waals surface area (Å²) in [5.74, 6) is 1.04. The van der Waals surface area contributed by atoms with Crippen LogP contribution in [0.1, 0.15) is 91.9 Å². The summed E-state index contributed by atoms with van der Waals surface area (Å²) in [6.45, 7) is 11.2. The fourth-order valence-corrected chi connectivity index (χ4v) is 7.21. The zero-order valence-corrected chi connectivity index (χ0v) is 26.8. The Hall–Kier alpha value is -0.340. The van der Waals surface area contributed by atoms with Crippen molar-refractivity contribution in [2.45, 2.75) is 91.9 Å². The molecule has 2 N–H and O–H groups in total. The first-order valence-electron chi connectivity index (χ1n) is 15.0. The molecule has 240 valence electrons. The van der Waals surface area contributed by atoms with Crippen LogP contribution >= 0.6 is 0 Å². The lowest BCUT2D eigenvalue weighted by Gasteiger charge is -2.30. The highest BCUT2D eigenvalue weighted by atomic mass is 32.2. The maximum Gasteiger partial charge on any atom is 0.264 e. The largest absolute Gasteiger partial charge is 0.355 e. The summed E-state index contributed by atoms with van der Waals surface area (Å²) in [4.78, 5) is 0. The van der Waals surface area contributed by atoms with E-state index in [1.807, 2.05) is 0 Å². The van der Waals surface area contributed by atoms with Gasteiger partial charge in [-0.05, 0) is 99.7 Å². The van der Waals surface area contributed by atoms with Crippen molar-refractivity contribution in [3.63, 3.8) is 0 Å². The van der Waals surface area contributed by atoms with Crippen molar-refractivity contribution in [1.29, 1.82) is 0 Å². The van der Waals surface area contributed by atoms with Crippen molar-refractivity contribution in [3.8, 4) is 0 Å². The molecule has 0 aromatic carbocycles. The van der Waals surface area contributed by atoms with Crippen LogP contribution in [-0.2, 0) is 39.2 Å². The molecule has 0 saturated carbocycles. The van der Waals surface area contributed by atoms with Crippen LogP contribution in [0.4, 0.5) is 0 Å². The summed E-state index contributed by atoms with van der Waals surface area (Å²) in [5.41, 5.74) is 0. The lowest BCUT2D eigenvalue weighted by atomic mass is 9.77. The second-order valence-corrected chi connectivity index (χ2v) is 15.0. The summed E-state index contributed by atoms with van der Waals surface area (Å²) in [7, 11) is -8.00. The second kappa shape index (κ2) is 20.5. The van der Waals surface area contributed by atoms with Crippen molar-refractivity contribution < 1.29 is 44.9 Å². The number of hydrogen-bond donors (Lipinski definition) is 2. The Kier molecular flexibility index (Phi) is 19.4. The average Bonchev–Trinajstić information content (AvgIpc) is 2.84. The van der Waals surface area contributed by atoms with E-state index in [2.05, 4.69) is 27.7 Å². The fourth-order valence-electron chi connectivity index (χ4n) is 6.07. The monoisotopic (exact) mass is 616 g/mol.